The van der Waals surface area contributed by atoms with Crippen molar-refractivity contribution in [3.63, 3.8) is 0 Å². The average molecular weight is 392 g/mol. The first-order chi connectivity index (χ1) is 13.5. The average Bonchev–Trinajstić information content (AvgIpc) is 2.83. The predicted molar refractivity (Wildman–Crippen MR) is 114 cm³/mol. The quantitative estimate of drug-likeness (QED) is 0.523. The zero-order chi connectivity index (χ0) is 19.7. The van der Waals surface area contributed by atoms with Crippen molar-refractivity contribution in [2.75, 3.05) is 16.4 Å². The molecular weight excluding hydrogens is 370 g/mol. The summed E-state index contributed by atoms with van der Waals surface area (Å²) in [6, 6.07) is 17.6. The largest absolute Gasteiger partial charge is 0.383 e. The maximum Gasteiger partial charge on any atom is 0.244 e. The van der Waals surface area contributed by atoms with Gasteiger partial charge in [-0.1, -0.05) is 48.2 Å². The van der Waals surface area contributed by atoms with Gasteiger partial charge in [0.1, 0.15) is 11.6 Å². The number of nitrogen functional groups attached to an aromatic ring is 2. The normalized spacial score (nSPS) is 14.0. The number of anilines is 4. The van der Waals surface area contributed by atoms with Crippen LogP contribution in [0.1, 0.15) is 18.1 Å². The highest BCUT2D eigenvalue weighted by Gasteiger charge is 2.29. The van der Waals surface area contributed by atoms with Crippen LogP contribution in [-0.4, -0.2) is 21.1 Å². The number of nitrogens with zero attached hydrogens (tertiary/aromatic N) is 3. The van der Waals surface area contributed by atoms with Crippen molar-refractivity contribution in [2.45, 2.75) is 30.2 Å². The van der Waals surface area contributed by atoms with Gasteiger partial charge in [-0.3, -0.25) is 9.69 Å². The molecule has 4 rings (SSSR count). The summed E-state index contributed by atoms with van der Waals surface area (Å²) in [5.41, 5.74) is 15.7. The van der Waals surface area contributed by atoms with Crippen LogP contribution in [-0.2, 0) is 17.6 Å². The van der Waals surface area contributed by atoms with Crippen molar-refractivity contribution in [3.05, 3.63) is 65.7 Å². The number of carbonyl (C=O) groups excluding carboxylic acids is 1. The topological polar surface area (TPSA) is 98.1 Å². The molecule has 0 fully saturated rings. The second kappa shape index (κ2) is 7.52. The fourth-order valence-corrected chi connectivity index (χ4v) is 4.26. The van der Waals surface area contributed by atoms with Gasteiger partial charge in [-0.25, -0.2) is 9.97 Å². The number of hydrogen-bond acceptors (Lipinski definition) is 6. The lowest BCUT2D eigenvalue weighted by molar-refractivity contribution is -0.117. The first-order valence-electron chi connectivity index (χ1n) is 9.09. The molecule has 1 amide bonds. The summed E-state index contributed by atoms with van der Waals surface area (Å²) in [6.45, 7) is 1.85. The fourth-order valence-electron chi connectivity index (χ4n) is 3.42. The number of aryl methyl sites for hydroxylation is 2. The van der Waals surface area contributed by atoms with Crippen LogP contribution >= 0.6 is 11.8 Å². The van der Waals surface area contributed by atoms with E-state index in [-0.39, 0.29) is 5.91 Å². The van der Waals surface area contributed by atoms with Crippen LogP contribution in [0, 0.1) is 0 Å². The van der Waals surface area contributed by atoms with Crippen molar-refractivity contribution in [3.8, 4) is 0 Å². The van der Waals surface area contributed by atoms with Gasteiger partial charge in [0.05, 0.1) is 16.6 Å². The van der Waals surface area contributed by atoms with Crippen LogP contribution in [0.15, 0.2) is 59.8 Å². The molecule has 4 N–H and O–H groups in total. The second-order valence-electron chi connectivity index (χ2n) is 6.69. The van der Waals surface area contributed by atoms with Crippen LogP contribution in [0.3, 0.4) is 0 Å². The molecule has 3 aromatic rings. The van der Waals surface area contributed by atoms with E-state index in [4.69, 9.17) is 11.5 Å². The molecule has 142 valence electrons. The number of aromatic nitrogens is 2. The minimum atomic E-state index is -0.416. The standard InChI is InChI=1S/C21H21N5OS/c1-13(28-21-24-18(22)12-19(23)25-21)20(27)26-16-8-4-2-6-14(16)10-11-15-7-3-5-9-17(15)26/h2-9,12-13H,10-11H2,1H3,(H4,22,23,24,25). The molecule has 6 nitrogen and oxygen atoms in total. The van der Waals surface area contributed by atoms with Crippen molar-refractivity contribution < 1.29 is 4.79 Å². The van der Waals surface area contributed by atoms with E-state index in [1.807, 2.05) is 48.2 Å². The Morgan fingerprint density at radius 3 is 2.00 bits per heavy atom. The number of thioether (sulfide) groups is 1. The Morgan fingerprint density at radius 1 is 0.964 bits per heavy atom. The zero-order valence-electron chi connectivity index (χ0n) is 15.5. The lowest BCUT2D eigenvalue weighted by Gasteiger charge is -2.27. The number of nitrogens with two attached hydrogens (primary N) is 2. The third-order valence-corrected chi connectivity index (χ3v) is 5.67. The fraction of sp³-hybridized carbons (Fsp3) is 0.190. The number of hydrogen-bond donors (Lipinski definition) is 2. The minimum absolute atomic E-state index is 0.0311. The summed E-state index contributed by atoms with van der Waals surface area (Å²) in [5.74, 6) is 0.552. The molecule has 2 aromatic carbocycles. The molecule has 28 heavy (non-hydrogen) atoms. The molecule has 0 bridgehead atoms. The lowest BCUT2D eigenvalue weighted by Crippen LogP contribution is -2.33. The monoisotopic (exact) mass is 391 g/mol. The van der Waals surface area contributed by atoms with E-state index in [1.54, 1.807) is 0 Å². The summed E-state index contributed by atoms with van der Waals surface area (Å²) >= 11 is 1.26. The molecule has 2 heterocycles. The first-order valence-corrected chi connectivity index (χ1v) is 9.97. The van der Waals surface area contributed by atoms with Gasteiger partial charge in [0.15, 0.2) is 5.16 Å². The second-order valence-corrected chi connectivity index (χ2v) is 8.00. The molecule has 1 unspecified atom stereocenters. The number of benzene rings is 2. The Hall–Kier alpha value is -3.06. The van der Waals surface area contributed by atoms with Gasteiger partial charge in [0.25, 0.3) is 0 Å². The van der Waals surface area contributed by atoms with Crippen molar-refractivity contribution in [2.24, 2.45) is 0 Å². The summed E-state index contributed by atoms with van der Waals surface area (Å²) < 4.78 is 0. The van der Waals surface area contributed by atoms with Gasteiger partial charge >= 0.3 is 0 Å². The van der Waals surface area contributed by atoms with Crippen molar-refractivity contribution in [1.29, 1.82) is 0 Å². The van der Waals surface area contributed by atoms with Gasteiger partial charge in [-0.05, 0) is 43.0 Å². The Kier molecular flexibility index (Phi) is 4.92. The Morgan fingerprint density at radius 2 is 1.46 bits per heavy atom. The maximum absolute atomic E-state index is 13.5. The molecule has 0 saturated carbocycles. The highest BCUT2D eigenvalue weighted by molar-refractivity contribution is 8.00. The zero-order valence-corrected chi connectivity index (χ0v) is 16.3. The molecule has 0 spiro atoms. The van der Waals surface area contributed by atoms with Crippen molar-refractivity contribution >= 4 is 40.7 Å². The maximum atomic E-state index is 13.5. The Balaban J connectivity index is 1.71. The number of carbonyl (C=O) groups is 1. The summed E-state index contributed by atoms with van der Waals surface area (Å²) in [4.78, 5) is 23.7. The van der Waals surface area contributed by atoms with Crippen LogP contribution in [0.4, 0.5) is 23.0 Å². The number of para-hydroxylation sites is 2. The summed E-state index contributed by atoms with van der Waals surface area (Å²) in [5, 5.41) is -0.0184. The van der Waals surface area contributed by atoms with Crippen LogP contribution in [0.2, 0.25) is 0 Å². The van der Waals surface area contributed by atoms with Gasteiger partial charge in [-0.2, -0.15) is 0 Å². The van der Waals surface area contributed by atoms with E-state index in [9.17, 15) is 4.79 Å². The third-order valence-electron chi connectivity index (χ3n) is 4.72. The van der Waals surface area contributed by atoms with Crippen LogP contribution < -0.4 is 16.4 Å². The van der Waals surface area contributed by atoms with E-state index in [1.165, 1.54) is 17.8 Å². The minimum Gasteiger partial charge on any atom is -0.383 e. The third kappa shape index (κ3) is 3.53. The van der Waals surface area contributed by atoms with Gasteiger partial charge in [-0.15, -0.1) is 0 Å². The summed E-state index contributed by atoms with van der Waals surface area (Å²) in [7, 11) is 0. The summed E-state index contributed by atoms with van der Waals surface area (Å²) in [6.07, 6.45) is 1.79. The van der Waals surface area contributed by atoms with E-state index in [0.717, 1.165) is 35.3 Å². The van der Waals surface area contributed by atoms with Gasteiger partial charge < -0.3 is 11.5 Å². The van der Waals surface area contributed by atoms with Crippen molar-refractivity contribution in [1.82, 2.24) is 9.97 Å². The Labute approximate surface area is 168 Å². The Bertz CT molecular complexity index is 971. The molecule has 1 aromatic heterocycles. The van der Waals surface area contributed by atoms with Crippen LogP contribution in [0.25, 0.3) is 0 Å². The lowest BCUT2D eigenvalue weighted by atomic mass is 10.0. The smallest absolute Gasteiger partial charge is 0.244 e. The molecule has 0 saturated heterocycles. The molecule has 0 radical (unpaired) electrons. The number of fused-ring (bicyclic) bond motifs is 2. The highest BCUT2D eigenvalue weighted by atomic mass is 32.2. The number of rotatable bonds is 3. The SMILES string of the molecule is CC(Sc1nc(N)cc(N)n1)C(=O)N1c2ccccc2CCc2ccccc21. The van der Waals surface area contributed by atoms with Gasteiger partial charge in [0, 0.05) is 6.07 Å². The molecule has 7 heteroatoms. The van der Waals surface area contributed by atoms with E-state index >= 15 is 0 Å². The van der Waals surface area contributed by atoms with E-state index in [2.05, 4.69) is 22.1 Å². The molecule has 1 aliphatic rings. The van der Waals surface area contributed by atoms with E-state index in [0.29, 0.717) is 16.8 Å². The molecule has 1 aliphatic heterocycles. The molecule has 1 atom stereocenters. The van der Waals surface area contributed by atoms with Gasteiger partial charge in [0.2, 0.25) is 5.91 Å². The number of amides is 1. The molecular formula is C21H21N5OS. The molecule has 0 aliphatic carbocycles. The van der Waals surface area contributed by atoms with E-state index < -0.39 is 5.25 Å². The first kappa shape index (κ1) is 18.3. The van der Waals surface area contributed by atoms with Crippen LogP contribution in [0.5, 0.6) is 0 Å². The predicted octanol–water partition coefficient (Wildman–Crippen LogP) is 3.59. The highest BCUT2D eigenvalue weighted by Crippen LogP contribution is 2.38.